The number of carbonyl (C=O) groups is 1. The molecule has 4 heteroatoms. The lowest BCUT2D eigenvalue weighted by Gasteiger charge is -2.32. The summed E-state index contributed by atoms with van der Waals surface area (Å²) in [5, 5.41) is 0. The molecule has 0 radical (unpaired) electrons. The average molecular weight is 304 g/mol. The fraction of sp³-hybridized carbons (Fsp3) is 0.611. The third-order valence-corrected chi connectivity index (χ3v) is 4.41. The van der Waals surface area contributed by atoms with Crippen molar-refractivity contribution >= 4 is 5.91 Å². The first-order valence-electron chi connectivity index (χ1n) is 8.29. The Hall–Kier alpha value is -1.55. The van der Waals surface area contributed by atoms with E-state index >= 15 is 0 Å². The zero-order valence-corrected chi connectivity index (χ0v) is 13.8. The lowest BCUT2D eigenvalue weighted by Crippen LogP contribution is -2.43. The normalized spacial score (nSPS) is 15.8. The number of ether oxygens (including phenoxy) is 1. The zero-order valence-electron chi connectivity index (χ0n) is 13.8. The van der Waals surface area contributed by atoms with Gasteiger partial charge in [-0.05, 0) is 32.0 Å². The highest BCUT2D eigenvalue weighted by Crippen LogP contribution is 2.21. The predicted octanol–water partition coefficient (Wildman–Crippen LogP) is 2.79. The molecule has 1 aliphatic rings. The van der Waals surface area contributed by atoms with E-state index in [4.69, 9.17) is 4.74 Å². The van der Waals surface area contributed by atoms with Crippen molar-refractivity contribution in [3.8, 4) is 5.75 Å². The van der Waals surface area contributed by atoms with Gasteiger partial charge in [-0.25, -0.2) is 0 Å². The van der Waals surface area contributed by atoms with Crippen molar-refractivity contribution in [2.24, 2.45) is 0 Å². The van der Waals surface area contributed by atoms with E-state index in [9.17, 15) is 4.79 Å². The molecular formula is C18H28N2O2. The molecule has 1 aromatic carbocycles. The average Bonchev–Trinajstić information content (AvgIpc) is 2.56. The molecule has 0 heterocycles. The molecule has 2 rings (SSSR count). The van der Waals surface area contributed by atoms with E-state index in [1.165, 1.54) is 19.3 Å². The molecule has 4 nitrogen and oxygen atoms in total. The van der Waals surface area contributed by atoms with Crippen LogP contribution in [0.3, 0.4) is 0 Å². The fourth-order valence-electron chi connectivity index (χ4n) is 2.93. The summed E-state index contributed by atoms with van der Waals surface area (Å²) in [5.41, 5.74) is 0. The van der Waals surface area contributed by atoms with Crippen molar-refractivity contribution in [2.45, 2.75) is 38.1 Å². The molecule has 1 amide bonds. The Labute approximate surface area is 134 Å². The lowest BCUT2D eigenvalue weighted by molar-refractivity contribution is -0.133. The summed E-state index contributed by atoms with van der Waals surface area (Å²) in [6, 6.07) is 10.2. The Morgan fingerprint density at radius 3 is 2.50 bits per heavy atom. The number of carbonyl (C=O) groups excluding carboxylic acids is 1. The van der Waals surface area contributed by atoms with Crippen LogP contribution in [0.25, 0.3) is 0 Å². The molecule has 0 atom stereocenters. The van der Waals surface area contributed by atoms with E-state index in [1.807, 2.05) is 54.2 Å². The molecule has 1 aliphatic carbocycles. The first-order chi connectivity index (χ1) is 10.7. The van der Waals surface area contributed by atoms with Crippen LogP contribution in [0.1, 0.15) is 32.1 Å². The first kappa shape index (κ1) is 16.8. The summed E-state index contributed by atoms with van der Waals surface area (Å²) in [4.78, 5) is 16.3. The van der Waals surface area contributed by atoms with Gasteiger partial charge in [-0.3, -0.25) is 9.69 Å². The predicted molar refractivity (Wildman–Crippen MR) is 89.1 cm³/mol. The quantitative estimate of drug-likeness (QED) is 0.776. The number of benzene rings is 1. The van der Waals surface area contributed by atoms with Crippen molar-refractivity contribution in [1.82, 2.24) is 9.80 Å². The summed E-state index contributed by atoms with van der Waals surface area (Å²) in [6.07, 6.45) is 6.13. The van der Waals surface area contributed by atoms with E-state index in [-0.39, 0.29) is 5.91 Å². The SMILES string of the molecule is CN(CCOc1ccccc1)CC(=O)N(C)C1CCCCC1. The summed E-state index contributed by atoms with van der Waals surface area (Å²) in [7, 11) is 3.92. The number of amides is 1. The number of rotatable bonds is 7. The second-order valence-electron chi connectivity index (χ2n) is 6.20. The molecule has 0 N–H and O–H groups in total. The topological polar surface area (TPSA) is 32.8 Å². The Bertz CT molecular complexity index is 444. The minimum atomic E-state index is 0.217. The van der Waals surface area contributed by atoms with Crippen molar-refractivity contribution in [1.29, 1.82) is 0 Å². The number of nitrogens with zero attached hydrogens (tertiary/aromatic N) is 2. The van der Waals surface area contributed by atoms with Crippen molar-refractivity contribution < 1.29 is 9.53 Å². The van der Waals surface area contributed by atoms with Crippen LogP contribution >= 0.6 is 0 Å². The Morgan fingerprint density at radius 1 is 1.14 bits per heavy atom. The van der Waals surface area contributed by atoms with Crippen LogP contribution in [0.15, 0.2) is 30.3 Å². The van der Waals surface area contributed by atoms with Crippen LogP contribution < -0.4 is 4.74 Å². The van der Waals surface area contributed by atoms with Gasteiger partial charge in [0.2, 0.25) is 5.91 Å². The van der Waals surface area contributed by atoms with Crippen molar-refractivity contribution in [2.75, 3.05) is 33.8 Å². The molecule has 0 spiro atoms. The number of hydrogen-bond donors (Lipinski definition) is 0. The van der Waals surface area contributed by atoms with Crippen LogP contribution in [0.5, 0.6) is 5.75 Å². The van der Waals surface area contributed by atoms with Gasteiger partial charge in [0.1, 0.15) is 12.4 Å². The van der Waals surface area contributed by atoms with E-state index in [0.29, 0.717) is 19.2 Å². The van der Waals surface area contributed by atoms with Crippen LogP contribution in [0.2, 0.25) is 0 Å². The summed E-state index contributed by atoms with van der Waals surface area (Å²) < 4.78 is 5.67. The highest BCUT2D eigenvalue weighted by Gasteiger charge is 2.22. The van der Waals surface area contributed by atoms with Gasteiger partial charge in [0.05, 0.1) is 6.54 Å². The Balaban J connectivity index is 1.67. The first-order valence-corrected chi connectivity index (χ1v) is 8.29. The van der Waals surface area contributed by atoms with Gasteiger partial charge in [-0.1, -0.05) is 37.5 Å². The molecule has 0 bridgehead atoms. The van der Waals surface area contributed by atoms with Gasteiger partial charge < -0.3 is 9.64 Å². The molecule has 1 fully saturated rings. The van der Waals surface area contributed by atoms with Gasteiger partial charge in [-0.15, -0.1) is 0 Å². The van der Waals surface area contributed by atoms with Crippen LogP contribution in [0, 0.1) is 0 Å². The minimum Gasteiger partial charge on any atom is -0.492 e. The van der Waals surface area contributed by atoms with Crippen molar-refractivity contribution in [3.63, 3.8) is 0 Å². The highest BCUT2D eigenvalue weighted by atomic mass is 16.5. The molecule has 22 heavy (non-hydrogen) atoms. The third kappa shape index (κ3) is 5.34. The van der Waals surface area contributed by atoms with Gasteiger partial charge in [0.25, 0.3) is 0 Å². The Morgan fingerprint density at radius 2 is 1.82 bits per heavy atom. The van der Waals surface area contributed by atoms with E-state index in [1.54, 1.807) is 0 Å². The maximum Gasteiger partial charge on any atom is 0.236 e. The van der Waals surface area contributed by atoms with Gasteiger partial charge in [0, 0.05) is 19.6 Å². The summed E-state index contributed by atoms with van der Waals surface area (Å²) >= 11 is 0. The lowest BCUT2D eigenvalue weighted by atomic mass is 9.94. The van der Waals surface area contributed by atoms with Crippen LogP contribution in [-0.2, 0) is 4.79 Å². The molecule has 122 valence electrons. The maximum absolute atomic E-state index is 12.3. The monoisotopic (exact) mass is 304 g/mol. The highest BCUT2D eigenvalue weighted by molar-refractivity contribution is 5.78. The minimum absolute atomic E-state index is 0.217. The fourth-order valence-corrected chi connectivity index (χ4v) is 2.93. The molecule has 0 saturated heterocycles. The van der Waals surface area contributed by atoms with E-state index in [0.717, 1.165) is 25.1 Å². The molecule has 1 aromatic rings. The molecule has 1 saturated carbocycles. The van der Waals surface area contributed by atoms with E-state index in [2.05, 4.69) is 0 Å². The standard InChI is InChI=1S/C18H28N2O2/c1-19(13-14-22-17-11-7-4-8-12-17)15-18(21)20(2)16-9-5-3-6-10-16/h4,7-8,11-12,16H,3,5-6,9-10,13-15H2,1-2H3. The van der Waals surface area contributed by atoms with Crippen LogP contribution in [0.4, 0.5) is 0 Å². The zero-order chi connectivity index (χ0) is 15.8. The van der Waals surface area contributed by atoms with Crippen LogP contribution in [-0.4, -0.2) is 55.5 Å². The van der Waals surface area contributed by atoms with Gasteiger partial charge >= 0.3 is 0 Å². The molecule has 0 aliphatic heterocycles. The largest absolute Gasteiger partial charge is 0.492 e. The van der Waals surface area contributed by atoms with Gasteiger partial charge in [0.15, 0.2) is 0 Å². The molecule has 0 aromatic heterocycles. The second kappa shape index (κ2) is 8.79. The summed E-state index contributed by atoms with van der Waals surface area (Å²) in [5.74, 6) is 1.09. The summed E-state index contributed by atoms with van der Waals surface area (Å²) in [6.45, 7) is 1.81. The smallest absolute Gasteiger partial charge is 0.236 e. The van der Waals surface area contributed by atoms with Crippen molar-refractivity contribution in [3.05, 3.63) is 30.3 Å². The molecular weight excluding hydrogens is 276 g/mol. The second-order valence-corrected chi connectivity index (χ2v) is 6.20. The third-order valence-electron chi connectivity index (χ3n) is 4.41. The number of likely N-dealkylation sites (N-methyl/N-ethyl adjacent to an activating group) is 2. The number of hydrogen-bond acceptors (Lipinski definition) is 3. The maximum atomic E-state index is 12.3. The Kier molecular flexibility index (Phi) is 6.72. The van der Waals surface area contributed by atoms with E-state index < -0.39 is 0 Å². The van der Waals surface area contributed by atoms with Gasteiger partial charge in [-0.2, -0.15) is 0 Å². The number of para-hydroxylation sites is 1. The molecule has 0 unspecified atom stereocenters.